The topological polar surface area (TPSA) is 44.2 Å². The first-order valence-corrected chi connectivity index (χ1v) is 5.65. The Kier molecular flexibility index (Phi) is 3.42. The van der Waals surface area contributed by atoms with Crippen molar-refractivity contribution in [3.05, 3.63) is 24.2 Å². The van der Waals surface area contributed by atoms with Gasteiger partial charge in [-0.2, -0.15) is 0 Å². The van der Waals surface area contributed by atoms with Crippen LogP contribution in [0.15, 0.2) is 18.5 Å². The highest BCUT2D eigenvalue weighted by atomic mass is 16.5. The van der Waals surface area contributed by atoms with Gasteiger partial charge in [-0.3, -0.25) is 0 Å². The first-order chi connectivity index (χ1) is 8.30. The molecule has 1 heterocycles. The SMILES string of the molecule is CCCc1ncnc2cc(OC)c(OC)cc12. The molecule has 4 heteroatoms. The predicted octanol–water partition coefficient (Wildman–Crippen LogP) is 2.60. The number of ether oxygens (including phenoxy) is 2. The van der Waals surface area contributed by atoms with Crippen LogP contribution in [0.1, 0.15) is 19.0 Å². The maximum Gasteiger partial charge on any atom is 0.162 e. The van der Waals surface area contributed by atoms with E-state index in [4.69, 9.17) is 9.47 Å². The van der Waals surface area contributed by atoms with Crippen LogP contribution >= 0.6 is 0 Å². The number of hydrogen-bond acceptors (Lipinski definition) is 4. The van der Waals surface area contributed by atoms with Gasteiger partial charge in [0.2, 0.25) is 0 Å². The highest BCUT2D eigenvalue weighted by Gasteiger charge is 2.09. The van der Waals surface area contributed by atoms with Gasteiger partial charge in [0, 0.05) is 11.5 Å². The maximum atomic E-state index is 5.30. The van der Waals surface area contributed by atoms with E-state index in [-0.39, 0.29) is 0 Å². The summed E-state index contributed by atoms with van der Waals surface area (Å²) in [4.78, 5) is 8.58. The highest BCUT2D eigenvalue weighted by Crippen LogP contribution is 2.32. The van der Waals surface area contributed by atoms with Gasteiger partial charge in [0.15, 0.2) is 11.5 Å². The third-order valence-corrected chi connectivity index (χ3v) is 2.71. The summed E-state index contributed by atoms with van der Waals surface area (Å²) in [5.41, 5.74) is 1.94. The van der Waals surface area contributed by atoms with E-state index in [9.17, 15) is 0 Å². The van der Waals surface area contributed by atoms with Crippen LogP contribution in [-0.2, 0) is 6.42 Å². The molecule has 1 aromatic carbocycles. The third-order valence-electron chi connectivity index (χ3n) is 2.71. The van der Waals surface area contributed by atoms with Crippen LogP contribution in [0.5, 0.6) is 11.5 Å². The molecular weight excluding hydrogens is 216 g/mol. The molecule has 0 aliphatic carbocycles. The maximum absolute atomic E-state index is 5.30. The number of aryl methyl sites for hydroxylation is 1. The van der Waals surface area contributed by atoms with Crippen molar-refractivity contribution in [1.82, 2.24) is 9.97 Å². The Bertz CT molecular complexity index is 526. The molecule has 0 unspecified atom stereocenters. The first-order valence-electron chi connectivity index (χ1n) is 5.65. The quantitative estimate of drug-likeness (QED) is 0.812. The second-order valence-electron chi connectivity index (χ2n) is 3.79. The minimum absolute atomic E-state index is 0.696. The van der Waals surface area contributed by atoms with Crippen molar-refractivity contribution >= 4 is 10.9 Å². The van der Waals surface area contributed by atoms with Crippen molar-refractivity contribution < 1.29 is 9.47 Å². The number of fused-ring (bicyclic) bond motifs is 1. The number of nitrogens with zero attached hydrogens (tertiary/aromatic N) is 2. The van der Waals surface area contributed by atoms with E-state index < -0.39 is 0 Å². The molecule has 0 amide bonds. The van der Waals surface area contributed by atoms with Crippen molar-refractivity contribution in [2.75, 3.05) is 14.2 Å². The molecule has 0 saturated carbocycles. The molecule has 1 aromatic heterocycles. The summed E-state index contributed by atoms with van der Waals surface area (Å²) in [6.07, 6.45) is 3.59. The summed E-state index contributed by atoms with van der Waals surface area (Å²) in [6, 6.07) is 3.83. The Morgan fingerprint density at radius 2 is 1.76 bits per heavy atom. The lowest BCUT2D eigenvalue weighted by Crippen LogP contribution is -1.96. The average molecular weight is 232 g/mol. The fourth-order valence-corrected chi connectivity index (χ4v) is 1.87. The minimum Gasteiger partial charge on any atom is -0.493 e. The van der Waals surface area contributed by atoms with Crippen LogP contribution in [0.25, 0.3) is 10.9 Å². The smallest absolute Gasteiger partial charge is 0.162 e. The normalized spacial score (nSPS) is 10.5. The number of methoxy groups -OCH3 is 2. The Labute approximate surface area is 101 Å². The molecule has 0 aliphatic heterocycles. The van der Waals surface area contributed by atoms with Crippen LogP contribution in [-0.4, -0.2) is 24.2 Å². The van der Waals surface area contributed by atoms with Gasteiger partial charge in [-0.1, -0.05) is 13.3 Å². The summed E-state index contributed by atoms with van der Waals surface area (Å²) in [6.45, 7) is 2.13. The second kappa shape index (κ2) is 4.99. The lowest BCUT2D eigenvalue weighted by molar-refractivity contribution is 0.355. The Morgan fingerprint density at radius 1 is 1.06 bits per heavy atom. The fraction of sp³-hybridized carbons (Fsp3) is 0.385. The third kappa shape index (κ3) is 2.16. The van der Waals surface area contributed by atoms with Crippen molar-refractivity contribution in [1.29, 1.82) is 0 Å². The van der Waals surface area contributed by atoms with Gasteiger partial charge in [-0.25, -0.2) is 9.97 Å². The minimum atomic E-state index is 0.696. The molecule has 2 rings (SSSR count). The van der Waals surface area contributed by atoms with Crippen molar-refractivity contribution in [2.24, 2.45) is 0 Å². The summed E-state index contributed by atoms with van der Waals surface area (Å²) in [5, 5.41) is 1.03. The van der Waals surface area contributed by atoms with E-state index in [1.807, 2.05) is 12.1 Å². The van der Waals surface area contributed by atoms with E-state index in [1.165, 1.54) is 0 Å². The number of benzene rings is 1. The molecule has 0 bridgehead atoms. The molecule has 0 N–H and O–H groups in total. The van der Waals surface area contributed by atoms with Crippen LogP contribution in [0.3, 0.4) is 0 Å². The number of aromatic nitrogens is 2. The molecule has 90 valence electrons. The first kappa shape index (κ1) is 11.6. The summed E-state index contributed by atoms with van der Waals surface area (Å²) in [5.74, 6) is 1.41. The molecule has 0 fully saturated rings. The van der Waals surface area contributed by atoms with E-state index in [1.54, 1.807) is 20.5 Å². The van der Waals surface area contributed by atoms with Gasteiger partial charge < -0.3 is 9.47 Å². The van der Waals surface area contributed by atoms with Crippen LogP contribution in [0, 0.1) is 0 Å². The number of hydrogen-bond donors (Lipinski definition) is 0. The van der Waals surface area contributed by atoms with Crippen molar-refractivity contribution in [3.63, 3.8) is 0 Å². The molecule has 17 heavy (non-hydrogen) atoms. The van der Waals surface area contributed by atoms with Gasteiger partial charge >= 0.3 is 0 Å². The Hall–Kier alpha value is -1.84. The molecule has 0 radical (unpaired) electrons. The standard InChI is InChI=1S/C13H16N2O2/c1-4-5-10-9-6-12(16-2)13(17-3)7-11(9)15-8-14-10/h6-8H,4-5H2,1-3H3. The van der Waals surface area contributed by atoms with Gasteiger partial charge in [-0.15, -0.1) is 0 Å². The average Bonchev–Trinajstić information content (AvgIpc) is 2.38. The Morgan fingerprint density at radius 3 is 2.41 bits per heavy atom. The predicted molar refractivity (Wildman–Crippen MR) is 66.6 cm³/mol. The summed E-state index contributed by atoms with van der Waals surface area (Å²) in [7, 11) is 3.25. The van der Waals surface area contributed by atoms with Crippen molar-refractivity contribution in [3.8, 4) is 11.5 Å². The van der Waals surface area contributed by atoms with E-state index in [0.717, 1.165) is 29.4 Å². The largest absolute Gasteiger partial charge is 0.493 e. The zero-order valence-corrected chi connectivity index (χ0v) is 10.4. The van der Waals surface area contributed by atoms with E-state index in [0.29, 0.717) is 11.5 Å². The molecule has 4 nitrogen and oxygen atoms in total. The molecule has 0 atom stereocenters. The lowest BCUT2D eigenvalue weighted by atomic mass is 10.1. The second-order valence-corrected chi connectivity index (χ2v) is 3.79. The molecule has 0 spiro atoms. The molecule has 0 aliphatic rings. The molecule has 0 saturated heterocycles. The fourth-order valence-electron chi connectivity index (χ4n) is 1.87. The Balaban J connectivity index is 2.64. The zero-order chi connectivity index (χ0) is 12.3. The zero-order valence-electron chi connectivity index (χ0n) is 10.4. The van der Waals surface area contributed by atoms with E-state index in [2.05, 4.69) is 16.9 Å². The van der Waals surface area contributed by atoms with Gasteiger partial charge in [0.1, 0.15) is 6.33 Å². The summed E-state index contributed by atoms with van der Waals surface area (Å²) >= 11 is 0. The van der Waals surface area contributed by atoms with Crippen LogP contribution < -0.4 is 9.47 Å². The van der Waals surface area contributed by atoms with Gasteiger partial charge in [-0.05, 0) is 12.5 Å². The van der Waals surface area contributed by atoms with Crippen LogP contribution in [0.2, 0.25) is 0 Å². The highest BCUT2D eigenvalue weighted by molar-refractivity contribution is 5.84. The number of rotatable bonds is 4. The monoisotopic (exact) mass is 232 g/mol. The van der Waals surface area contributed by atoms with Crippen molar-refractivity contribution in [2.45, 2.75) is 19.8 Å². The van der Waals surface area contributed by atoms with Gasteiger partial charge in [0.25, 0.3) is 0 Å². The summed E-state index contributed by atoms with van der Waals surface area (Å²) < 4.78 is 10.6. The van der Waals surface area contributed by atoms with Gasteiger partial charge in [0.05, 0.1) is 25.4 Å². The molecule has 2 aromatic rings. The molecular formula is C13H16N2O2. The van der Waals surface area contributed by atoms with Crippen LogP contribution in [0.4, 0.5) is 0 Å². The van der Waals surface area contributed by atoms with E-state index >= 15 is 0 Å². The lowest BCUT2D eigenvalue weighted by Gasteiger charge is -2.10.